The first-order valence-electron chi connectivity index (χ1n) is 8.04. The van der Waals surface area contributed by atoms with Gasteiger partial charge in [-0.25, -0.2) is 0 Å². The fourth-order valence-corrected chi connectivity index (χ4v) is 4.09. The van der Waals surface area contributed by atoms with E-state index in [1.54, 1.807) is 0 Å². The van der Waals surface area contributed by atoms with Gasteiger partial charge < -0.3 is 10.2 Å². The zero-order valence-electron chi connectivity index (χ0n) is 11.9. The van der Waals surface area contributed by atoms with E-state index in [2.05, 4.69) is 22.0 Å². The number of nitrogens with one attached hydrogen (secondary N) is 1. The van der Waals surface area contributed by atoms with E-state index < -0.39 is 0 Å². The molecule has 18 heavy (non-hydrogen) atoms. The van der Waals surface area contributed by atoms with Gasteiger partial charge in [-0.1, -0.05) is 6.42 Å². The molecule has 0 saturated carbocycles. The SMILES string of the molecule is CC1CC(N2CCC(N3CCCCC3)CC2)CN1. The second kappa shape index (κ2) is 5.89. The number of hydrogen-bond donors (Lipinski definition) is 1. The van der Waals surface area contributed by atoms with Crippen molar-refractivity contribution >= 4 is 0 Å². The molecule has 0 aliphatic carbocycles. The molecule has 2 unspecified atom stereocenters. The third-order valence-corrected chi connectivity index (χ3v) is 5.25. The first-order valence-corrected chi connectivity index (χ1v) is 8.04. The average Bonchev–Trinajstić information content (AvgIpc) is 2.87. The van der Waals surface area contributed by atoms with Crippen LogP contribution in [0.4, 0.5) is 0 Å². The van der Waals surface area contributed by atoms with Crippen molar-refractivity contribution in [1.29, 1.82) is 0 Å². The maximum absolute atomic E-state index is 3.59. The summed E-state index contributed by atoms with van der Waals surface area (Å²) in [5.74, 6) is 0. The van der Waals surface area contributed by atoms with Crippen LogP contribution in [0.15, 0.2) is 0 Å². The lowest BCUT2D eigenvalue weighted by atomic mass is 9.98. The van der Waals surface area contributed by atoms with E-state index >= 15 is 0 Å². The van der Waals surface area contributed by atoms with Crippen molar-refractivity contribution in [1.82, 2.24) is 15.1 Å². The number of hydrogen-bond acceptors (Lipinski definition) is 3. The summed E-state index contributed by atoms with van der Waals surface area (Å²) < 4.78 is 0. The lowest BCUT2D eigenvalue weighted by Crippen LogP contribution is -2.49. The van der Waals surface area contributed by atoms with Crippen molar-refractivity contribution in [2.45, 2.75) is 63.6 Å². The third-order valence-electron chi connectivity index (χ3n) is 5.25. The quantitative estimate of drug-likeness (QED) is 0.806. The second-order valence-electron chi connectivity index (χ2n) is 6.56. The molecule has 0 spiro atoms. The number of piperidine rings is 2. The summed E-state index contributed by atoms with van der Waals surface area (Å²) in [7, 11) is 0. The van der Waals surface area contributed by atoms with Gasteiger partial charge in [0, 0.05) is 24.7 Å². The van der Waals surface area contributed by atoms with Gasteiger partial charge in [0.2, 0.25) is 0 Å². The van der Waals surface area contributed by atoms with E-state index in [4.69, 9.17) is 0 Å². The third kappa shape index (κ3) is 2.89. The van der Waals surface area contributed by atoms with Crippen LogP contribution in [0.1, 0.15) is 45.4 Å². The Bertz CT molecular complexity index is 242. The van der Waals surface area contributed by atoms with E-state index in [9.17, 15) is 0 Å². The summed E-state index contributed by atoms with van der Waals surface area (Å²) >= 11 is 0. The average molecular weight is 251 g/mol. The molecule has 0 amide bonds. The fourth-order valence-electron chi connectivity index (χ4n) is 4.09. The van der Waals surface area contributed by atoms with Crippen LogP contribution in [-0.2, 0) is 0 Å². The van der Waals surface area contributed by atoms with Crippen LogP contribution in [-0.4, -0.2) is 60.6 Å². The van der Waals surface area contributed by atoms with Crippen LogP contribution in [0.5, 0.6) is 0 Å². The monoisotopic (exact) mass is 251 g/mol. The first kappa shape index (κ1) is 12.9. The summed E-state index contributed by atoms with van der Waals surface area (Å²) in [6, 6.07) is 2.45. The minimum Gasteiger partial charge on any atom is -0.313 e. The van der Waals surface area contributed by atoms with E-state index in [1.807, 2.05) is 0 Å². The second-order valence-corrected chi connectivity index (χ2v) is 6.56. The molecule has 0 aromatic heterocycles. The smallest absolute Gasteiger partial charge is 0.0235 e. The Morgan fingerprint density at radius 3 is 2.11 bits per heavy atom. The van der Waals surface area contributed by atoms with E-state index in [-0.39, 0.29) is 0 Å². The van der Waals surface area contributed by atoms with Crippen molar-refractivity contribution in [3.05, 3.63) is 0 Å². The molecule has 0 bridgehead atoms. The molecule has 3 heteroatoms. The minimum absolute atomic E-state index is 0.731. The van der Waals surface area contributed by atoms with E-state index in [0.717, 1.165) is 18.1 Å². The van der Waals surface area contributed by atoms with Crippen molar-refractivity contribution in [3.63, 3.8) is 0 Å². The summed E-state index contributed by atoms with van der Waals surface area (Å²) in [5, 5.41) is 3.59. The molecule has 1 N–H and O–H groups in total. The molecular weight excluding hydrogens is 222 g/mol. The zero-order valence-corrected chi connectivity index (χ0v) is 11.9. The van der Waals surface area contributed by atoms with Crippen LogP contribution in [0.2, 0.25) is 0 Å². The first-order chi connectivity index (χ1) is 8.83. The Morgan fingerprint density at radius 2 is 1.50 bits per heavy atom. The van der Waals surface area contributed by atoms with Crippen LogP contribution in [0.25, 0.3) is 0 Å². The fraction of sp³-hybridized carbons (Fsp3) is 1.00. The number of nitrogens with zero attached hydrogens (tertiary/aromatic N) is 2. The van der Waals surface area contributed by atoms with Gasteiger partial charge >= 0.3 is 0 Å². The van der Waals surface area contributed by atoms with Crippen LogP contribution < -0.4 is 5.32 Å². The largest absolute Gasteiger partial charge is 0.313 e. The zero-order chi connectivity index (χ0) is 12.4. The van der Waals surface area contributed by atoms with Crippen molar-refractivity contribution in [2.75, 3.05) is 32.7 Å². The lowest BCUT2D eigenvalue weighted by Gasteiger charge is -2.42. The molecule has 3 rings (SSSR count). The molecule has 3 aliphatic rings. The maximum atomic E-state index is 3.59. The van der Waals surface area contributed by atoms with Gasteiger partial charge in [0.05, 0.1) is 0 Å². The van der Waals surface area contributed by atoms with Gasteiger partial charge in [-0.05, 0) is 65.2 Å². The topological polar surface area (TPSA) is 18.5 Å². The molecule has 104 valence electrons. The van der Waals surface area contributed by atoms with Gasteiger partial charge in [-0.2, -0.15) is 0 Å². The number of likely N-dealkylation sites (tertiary alicyclic amines) is 2. The molecule has 3 fully saturated rings. The molecule has 3 aliphatic heterocycles. The van der Waals surface area contributed by atoms with Gasteiger partial charge in [-0.3, -0.25) is 4.90 Å². The number of rotatable bonds is 2. The highest BCUT2D eigenvalue weighted by Gasteiger charge is 2.31. The summed E-state index contributed by atoms with van der Waals surface area (Å²) in [6.07, 6.45) is 8.50. The predicted molar refractivity (Wildman–Crippen MR) is 75.9 cm³/mol. The van der Waals surface area contributed by atoms with Gasteiger partial charge in [-0.15, -0.1) is 0 Å². The summed E-state index contributed by atoms with van der Waals surface area (Å²) in [4.78, 5) is 5.52. The van der Waals surface area contributed by atoms with Crippen molar-refractivity contribution in [3.8, 4) is 0 Å². The molecule has 0 aromatic rings. The Labute approximate surface area is 112 Å². The molecule has 0 radical (unpaired) electrons. The Morgan fingerprint density at radius 1 is 0.833 bits per heavy atom. The van der Waals surface area contributed by atoms with Gasteiger partial charge in [0.1, 0.15) is 0 Å². The van der Waals surface area contributed by atoms with Crippen LogP contribution >= 0.6 is 0 Å². The standard InChI is InChI=1S/C15H29N3/c1-13-11-15(12-16-13)18-9-5-14(6-10-18)17-7-3-2-4-8-17/h13-16H,2-12H2,1H3. The Hall–Kier alpha value is -0.120. The van der Waals surface area contributed by atoms with Crippen molar-refractivity contribution < 1.29 is 0 Å². The normalized spacial score (nSPS) is 37.2. The van der Waals surface area contributed by atoms with E-state index in [1.165, 1.54) is 71.2 Å². The highest BCUT2D eigenvalue weighted by Crippen LogP contribution is 2.24. The predicted octanol–water partition coefficient (Wildman–Crippen LogP) is 1.69. The molecule has 3 nitrogen and oxygen atoms in total. The highest BCUT2D eigenvalue weighted by atomic mass is 15.2. The maximum Gasteiger partial charge on any atom is 0.0235 e. The van der Waals surface area contributed by atoms with Crippen molar-refractivity contribution in [2.24, 2.45) is 0 Å². The summed E-state index contributed by atoms with van der Waals surface area (Å²) in [6.45, 7) is 8.94. The summed E-state index contributed by atoms with van der Waals surface area (Å²) in [5.41, 5.74) is 0. The van der Waals surface area contributed by atoms with Crippen LogP contribution in [0.3, 0.4) is 0 Å². The highest BCUT2D eigenvalue weighted by molar-refractivity contribution is 4.90. The molecule has 3 heterocycles. The lowest BCUT2D eigenvalue weighted by molar-refractivity contribution is 0.0757. The molecular formula is C15H29N3. The van der Waals surface area contributed by atoms with Crippen LogP contribution in [0, 0.1) is 0 Å². The molecule has 2 atom stereocenters. The van der Waals surface area contributed by atoms with Gasteiger partial charge in [0.15, 0.2) is 0 Å². The Balaban J connectivity index is 1.45. The molecule has 0 aromatic carbocycles. The minimum atomic E-state index is 0.731. The Kier molecular flexibility index (Phi) is 4.22. The van der Waals surface area contributed by atoms with E-state index in [0.29, 0.717) is 0 Å². The molecule has 3 saturated heterocycles. The van der Waals surface area contributed by atoms with Gasteiger partial charge in [0.25, 0.3) is 0 Å².